The van der Waals surface area contributed by atoms with Gasteiger partial charge in [-0.2, -0.15) is 0 Å². The highest BCUT2D eigenvalue weighted by Gasteiger charge is 2.28. The second-order valence-electron chi connectivity index (χ2n) is 4.53. The molecule has 1 aliphatic heterocycles. The maximum absolute atomic E-state index is 5.55. The Bertz CT molecular complexity index is 402. The highest BCUT2D eigenvalue weighted by molar-refractivity contribution is 5.55. The Labute approximate surface area is 101 Å². The predicted molar refractivity (Wildman–Crippen MR) is 64.9 cm³/mol. The normalized spacial score (nSPS) is 26.2. The van der Waals surface area contributed by atoms with Crippen LogP contribution in [0, 0.1) is 0 Å². The highest BCUT2D eigenvalue weighted by Crippen LogP contribution is 2.34. The van der Waals surface area contributed by atoms with Crippen molar-refractivity contribution in [1.82, 2.24) is 0 Å². The molecular formula is C13H17NO3. The second kappa shape index (κ2) is 4.45. The Morgan fingerprint density at radius 1 is 1.18 bits per heavy atom. The lowest BCUT2D eigenvalue weighted by molar-refractivity contribution is 0.0328. The SMILES string of the molecule is COC1CC(Nc2ccc3c(c2)OCCO3)C1. The zero-order chi connectivity index (χ0) is 11.7. The van der Waals surface area contributed by atoms with Crippen LogP contribution in [-0.2, 0) is 4.74 Å². The minimum atomic E-state index is 0.421. The topological polar surface area (TPSA) is 39.7 Å². The van der Waals surface area contributed by atoms with Gasteiger partial charge in [-0.05, 0) is 25.0 Å². The Kier molecular flexibility index (Phi) is 2.81. The predicted octanol–water partition coefficient (Wildman–Crippen LogP) is 2.05. The van der Waals surface area contributed by atoms with Crippen LogP contribution in [0.25, 0.3) is 0 Å². The summed E-state index contributed by atoms with van der Waals surface area (Å²) < 4.78 is 16.3. The maximum Gasteiger partial charge on any atom is 0.163 e. The van der Waals surface area contributed by atoms with Crippen molar-refractivity contribution < 1.29 is 14.2 Å². The van der Waals surface area contributed by atoms with E-state index >= 15 is 0 Å². The molecular weight excluding hydrogens is 218 g/mol. The number of benzene rings is 1. The van der Waals surface area contributed by atoms with Crippen molar-refractivity contribution in [3.05, 3.63) is 18.2 Å². The van der Waals surface area contributed by atoms with E-state index in [2.05, 4.69) is 5.32 Å². The van der Waals surface area contributed by atoms with E-state index in [1.807, 2.05) is 18.2 Å². The molecule has 0 saturated heterocycles. The van der Waals surface area contributed by atoms with Crippen LogP contribution in [0.2, 0.25) is 0 Å². The summed E-state index contributed by atoms with van der Waals surface area (Å²) in [4.78, 5) is 0. The van der Waals surface area contributed by atoms with Gasteiger partial charge in [0, 0.05) is 24.9 Å². The van der Waals surface area contributed by atoms with Gasteiger partial charge >= 0.3 is 0 Å². The number of hydrogen-bond acceptors (Lipinski definition) is 4. The summed E-state index contributed by atoms with van der Waals surface area (Å²) in [6.45, 7) is 1.27. The first-order chi connectivity index (χ1) is 8.35. The average molecular weight is 235 g/mol. The smallest absolute Gasteiger partial charge is 0.163 e. The molecule has 4 heteroatoms. The zero-order valence-corrected chi connectivity index (χ0v) is 9.94. The van der Waals surface area contributed by atoms with Gasteiger partial charge in [-0.15, -0.1) is 0 Å². The van der Waals surface area contributed by atoms with Crippen molar-refractivity contribution in [2.45, 2.75) is 25.0 Å². The van der Waals surface area contributed by atoms with Crippen LogP contribution in [-0.4, -0.2) is 32.5 Å². The van der Waals surface area contributed by atoms with Gasteiger partial charge in [-0.1, -0.05) is 0 Å². The lowest BCUT2D eigenvalue weighted by atomic mass is 9.89. The van der Waals surface area contributed by atoms with Crippen molar-refractivity contribution in [2.75, 3.05) is 25.6 Å². The Morgan fingerprint density at radius 3 is 2.71 bits per heavy atom. The zero-order valence-electron chi connectivity index (χ0n) is 9.94. The summed E-state index contributed by atoms with van der Waals surface area (Å²) in [5.74, 6) is 1.68. The van der Waals surface area contributed by atoms with Crippen LogP contribution < -0.4 is 14.8 Å². The van der Waals surface area contributed by atoms with Crippen molar-refractivity contribution >= 4 is 5.69 Å². The van der Waals surface area contributed by atoms with Crippen LogP contribution in [0.1, 0.15) is 12.8 Å². The third-order valence-electron chi connectivity index (χ3n) is 3.34. The molecule has 0 spiro atoms. The molecule has 1 saturated carbocycles. The van der Waals surface area contributed by atoms with Gasteiger partial charge in [0.15, 0.2) is 11.5 Å². The van der Waals surface area contributed by atoms with E-state index in [4.69, 9.17) is 14.2 Å². The van der Waals surface area contributed by atoms with Crippen molar-refractivity contribution in [2.24, 2.45) is 0 Å². The van der Waals surface area contributed by atoms with Gasteiger partial charge in [0.25, 0.3) is 0 Å². The Hall–Kier alpha value is -1.42. The van der Waals surface area contributed by atoms with E-state index in [0.717, 1.165) is 30.0 Å². The van der Waals surface area contributed by atoms with Crippen LogP contribution in [0.15, 0.2) is 18.2 Å². The van der Waals surface area contributed by atoms with Crippen molar-refractivity contribution in [1.29, 1.82) is 0 Å². The summed E-state index contributed by atoms with van der Waals surface area (Å²) in [6.07, 6.45) is 2.57. The van der Waals surface area contributed by atoms with Crippen LogP contribution in [0.3, 0.4) is 0 Å². The van der Waals surface area contributed by atoms with Gasteiger partial charge in [-0.3, -0.25) is 0 Å². The van der Waals surface area contributed by atoms with Gasteiger partial charge in [0.2, 0.25) is 0 Å². The van der Waals surface area contributed by atoms with Crippen molar-refractivity contribution in [3.63, 3.8) is 0 Å². The fraction of sp³-hybridized carbons (Fsp3) is 0.538. The monoisotopic (exact) mass is 235 g/mol. The minimum Gasteiger partial charge on any atom is -0.486 e. The molecule has 1 heterocycles. The number of nitrogens with one attached hydrogen (secondary N) is 1. The second-order valence-corrected chi connectivity index (χ2v) is 4.53. The maximum atomic E-state index is 5.55. The number of anilines is 1. The molecule has 92 valence electrons. The molecule has 4 nitrogen and oxygen atoms in total. The number of fused-ring (bicyclic) bond motifs is 1. The van der Waals surface area contributed by atoms with E-state index in [-0.39, 0.29) is 0 Å². The standard InChI is InChI=1S/C13H17NO3/c1-15-11-6-10(7-11)14-9-2-3-12-13(8-9)17-5-4-16-12/h2-3,8,10-11,14H,4-7H2,1H3. The minimum absolute atomic E-state index is 0.421. The van der Waals surface area contributed by atoms with Gasteiger partial charge in [0.05, 0.1) is 6.10 Å². The molecule has 1 aliphatic carbocycles. The quantitative estimate of drug-likeness (QED) is 0.870. The molecule has 3 rings (SSSR count). The molecule has 2 aliphatic rings. The molecule has 1 aromatic rings. The van der Waals surface area contributed by atoms with Crippen LogP contribution in [0.4, 0.5) is 5.69 Å². The van der Waals surface area contributed by atoms with E-state index in [9.17, 15) is 0 Å². The molecule has 0 unspecified atom stereocenters. The highest BCUT2D eigenvalue weighted by atomic mass is 16.6. The molecule has 0 radical (unpaired) electrons. The van der Waals surface area contributed by atoms with E-state index in [1.54, 1.807) is 7.11 Å². The van der Waals surface area contributed by atoms with Crippen LogP contribution >= 0.6 is 0 Å². The third kappa shape index (κ3) is 2.17. The van der Waals surface area contributed by atoms with E-state index in [0.29, 0.717) is 25.4 Å². The molecule has 1 aromatic carbocycles. The first kappa shape index (κ1) is 10.7. The Morgan fingerprint density at radius 2 is 1.94 bits per heavy atom. The summed E-state index contributed by atoms with van der Waals surface area (Å²) >= 11 is 0. The molecule has 17 heavy (non-hydrogen) atoms. The molecule has 0 amide bonds. The third-order valence-corrected chi connectivity index (χ3v) is 3.34. The first-order valence-electron chi connectivity index (χ1n) is 6.04. The number of rotatable bonds is 3. The van der Waals surface area contributed by atoms with Crippen LogP contribution in [0.5, 0.6) is 11.5 Å². The van der Waals surface area contributed by atoms with Gasteiger partial charge in [0.1, 0.15) is 13.2 Å². The fourth-order valence-electron chi connectivity index (χ4n) is 2.24. The first-order valence-corrected chi connectivity index (χ1v) is 6.04. The average Bonchev–Trinajstić information content (AvgIpc) is 2.33. The molecule has 0 aromatic heterocycles. The summed E-state index contributed by atoms with van der Waals surface area (Å²) in [7, 11) is 1.77. The summed E-state index contributed by atoms with van der Waals surface area (Å²) in [5, 5.41) is 3.48. The summed E-state index contributed by atoms with van der Waals surface area (Å²) in [6, 6.07) is 6.52. The molecule has 1 N–H and O–H groups in total. The summed E-state index contributed by atoms with van der Waals surface area (Å²) in [5.41, 5.74) is 1.09. The number of hydrogen-bond donors (Lipinski definition) is 1. The van der Waals surface area contributed by atoms with Gasteiger partial charge < -0.3 is 19.5 Å². The van der Waals surface area contributed by atoms with Crippen molar-refractivity contribution in [3.8, 4) is 11.5 Å². The molecule has 1 fully saturated rings. The molecule has 0 atom stereocenters. The van der Waals surface area contributed by atoms with E-state index in [1.165, 1.54) is 0 Å². The largest absolute Gasteiger partial charge is 0.486 e. The number of ether oxygens (including phenoxy) is 3. The fourth-order valence-corrected chi connectivity index (χ4v) is 2.24. The lowest BCUT2D eigenvalue weighted by Gasteiger charge is -2.35. The molecule has 0 bridgehead atoms. The lowest BCUT2D eigenvalue weighted by Crippen LogP contribution is -2.40. The number of methoxy groups -OCH3 is 1. The van der Waals surface area contributed by atoms with E-state index < -0.39 is 0 Å². The van der Waals surface area contributed by atoms with Gasteiger partial charge in [-0.25, -0.2) is 0 Å². The Balaban J connectivity index is 1.64.